The Morgan fingerprint density at radius 3 is 3.05 bits per heavy atom. The maximum atomic E-state index is 11.6. The molecule has 1 aromatic heterocycles. The summed E-state index contributed by atoms with van der Waals surface area (Å²) in [4.78, 5) is 20.3. The van der Waals surface area contributed by atoms with Gasteiger partial charge in [0.15, 0.2) is 5.13 Å². The van der Waals surface area contributed by atoms with Gasteiger partial charge < -0.3 is 10.2 Å². The highest BCUT2D eigenvalue weighted by molar-refractivity contribution is 7.14. The van der Waals surface area contributed by atoms with Crippen LogP contribution in [0.4, 0.5) is 16.5 Å². The number of carbonyl (C=O) groups excluding carboxylic acids is 1. The fourth-order valence-corrected chi connectivity index (χ4v) is 3.61. The molecule has 3 rings (SSSR count). The molecule has 0 spiro atoms. The molecule has 0 unspecified atom stereocenters. The molecule has 0 aliphatic carbocycles. The SMILES string of the molecule is CCN(C(C)=O)c1nc(CN2CCNc3ccccc32)cs1. The summed E-state index contributed by atoms with van der Waals surface area (Å²) in [7, 11) is 0. The van der Waals surface area contributed by atoms with Crippen LogP contribution in [-0.4, -0.2) is 30.5 Å². The van der Waals surface area contributed by atoms with Crippen LogP contribution in [0.25, 0.3) is 0 Å². The van der Waals surface area contributed by atoms with Gasteiger partial charge in [-0.15, -0.1) is 11.3 Å². The van der Waals surface area contributed by atoms with E-state index in [1.165, 1.54) is 22.7 Å². The number of thiazole rings is 1. The van der Waals surface area contributed by atoms with Gasteiger partial charge in [0.2, 0.25) is 5.91 Å². The van der Waals surface area contributed by atoms with E-state index in [0.29, 0.717) is 6.54 Å². The molecule has 0 bridgehead atoms. The largest absolute Gasteiger partial charge is 0.382 e. The monoisotopic (exact) mass is 316 g/mol. The predicted octanol–water partition coefficient (Wildman–Crippen LogP) is 2.95. The van der Waals surface area contributed by atoms with E-state index in [0.717, 1.165) is 30.5 Å². The number of rotatable bonds is 4. The molecule has 1 N–H and O–H groups in total. The number of para-hydroxylation sites is 2. The van der Waals surface area contributed by atoms with Crippen LogP contribution in [-0.2, 0) is 11.3 Å². The molecule has 2 aromatic rings. The highest BCUT2D eigenvalue weighted by Gasteiger charge is 2.18. The first-order chi connectivity index (χ1) is 10.7. The molecule has 6 heteroatoms. The van der Waals surface area contributed by atoms with Crippen molar-refractivity contribution in [1.82, 2.24) is 4.98 Å². The lowest BCUT2D eigenvalue weighted by Gasteiger charge is -2.31. The van der Waals surface area contributed by atoms with Crippen molar-refractivity contribution in [1.29, 1.82) is 0 Å². The fraction of sp³-hybridized carbons (Fsp3) is 0.375. The molecule has 5 nitrogen and oxygen atoms in total. The molecule has 1 aromatic carbocycles. The fourth-order valence-electron chi connectivity index (χ4n) is 2.69. The number of benzene rings is 1. The number of aromatic nitrogens is 1. The van der Waals surface area contributed by atoms with E-state index in [1.54, 1.807) is 11.8 Å². The van der Waals surface area contributed by atoms with Crippen molar-refractivity contribution in [3.8, 4) is 0 Å². The smallest absolute Gasteiger partial charge is 0.225 e. The summed E-state index contributed by atoms with van der Waals surface area (Å²) in [6, 6.07) is 8.33. The van der Waals surface area contributed by atoms with Gasteiger partial charge in [-0.1, -0.05) is 12.1 Å². The normalized spacial score (nSPS) is 13.5. The van der Waals surface area contributed by atoms with E-state index in [9.17, 15) is 4.79 Å². The second-order valence-electron chi connectivity index (χ2n) is 5.25. The topological polar surface area (TPSA) is 48.5 Å². The Labute approximate surface area is 134 Å². The molecule has 0 saturated heterocycles. The van der Waals surface area contributed by atoms with Crippen molar-refractivity contribution in [2.45, 2.75) is 20.4 Å². The molecule has 1 aliphatic heterocycles. The lowest BCUT2D eigenvalue weighted by molar-refractivity contribution is -0.116. The second kappa shape index (κ2) is 6.36. The first-order valence-electron chi connectivity index (χ1n) is 7.49. The number of carbonyl (C=O) groups is 1. The third kappa shape index (κ3) is 2.92. The van der Waals surface area contributed by atoms with Crippen LogP contribution in [0.15, 0.2) is 29.6 Å². The van der Waals surface area contributed by atoms with Crippen LogP contribution >= 0.6 is 11.3 Å². The highest BCUT2D eigenvalue weighted by Crippen LogP contribution is 2.30. The minimum Gasteiger partial charge on any atom is -0.382 e. The van der Waals surface area contributed by atoms with Gasteiger partial charge in [-0.2, -0.15) is 0 Å². The quantitative estimate of drug-likeness (QED) is 0.942. The number of fused-ring (bicyclic) bond motifs is 1. The molecule has 0 radical (unpaired) electrons. The highest BCUT2D eigenvalue weighted by atomic mass is 32.1. The maximum absolute atomic E-state index is 11.6. The van der Waals surface area contributed by atoms with Crippen LogP contribution in [0.5, 0.6) is 0 Å². The number of amides is 1. The minimum absolute atomic E-state index is 0.0379. The summed E-state index contributed by atoms with van der Waals surface area (Å²) >= 11 is 1.53. The summed E-state index contributed by atoms with van der Waals surface area (Å²) in [6.07, 6.45) is 0. The molecule has 1 aliphatic rings. The predicted molar refractivity (Wildman–Crippen MR) is 91.8 cm³/mol. The van der Waals surface area contributed by atoms with Gasteiger partial charge in [0.05, 0.1) is 23.6 Å². The Balaban J connectivity index is 1.78. The lowest BCUT2D eigenvalue weighted by Crippen LogP contribution is -2.33. The van der Waals surface area contributed by atoms with Gasteiger partial charge in [-0.3, -0.25) is 9.69 Å². The molecule has 116 valence electrons. The van der Waals surface area contributed by atoms with Gasteiger partial charge in [0, 0.05) is 31.9 Å². The molecule has 0 fully saturated rings. The summed E-state index contributed by atoms with van der Waals surface area (Å²) in [5, 5.41) is 6.25. The van der Waals surface area contributed by atoms with E-state index in [-0.39, 0.29) is 5.91 Å². The molecule has 0 saturated carbocycles. The Bertz CT molecular complexity index is 670. The molecule has 22 heavy (non-hydrogen) atoms. The zero-order valence-electron chi connectivity index (χ0n) is 12.9. The molecule has 0 atom stereocenters. The lowest BCUT2D eigenvalue weighted by atomic mass is 10.2. The van der Waals surface area contributed by atoms with Crippen LogP contribution in [0.3, 0.4) is 0 Å². The van der Waals surface area contributed by atoms with Gasteiger partial charge in [-0.05, 0) is 19.1 Å². The van der Waals surface area contributed by atoms with Crippen molar-refractivity contribution in [3.63, 3.8) is 0 Å². The van der Waals surface area contributed by atoms with E-state index >= 15 is 0 Å². The third-order valence-corrected chi connectivity index (χ3v) is 4.67. The van der Waals surface area contributed by atoms with E-state index in [2.05, 4.69) is 33.4 Å². The number of hydrogen-bond acceptors (Lipinski definition) is 5. The van der Waals surface area contributed by atoms with Gasteiger partial charge in [0.1, 0.15) is 0 Å². The summed E-state index contributed by atoms with van der Waals surface area (Å²) < 4.78 is 0. The average molecular weight is 316 g/mol. The van der Waals surface area contributed by atoms with Crippen LogP contribution in [0, 0.1) is 0 Å². The maximum Gasteiger partial charge on any atom is 0.225 e. The number of hydrogen-bond donors (Lipinski definition) is 1. The van der Waals surface area contributed by atoms with Crippen molar-refractivity contribution < 1.29 is 4.79 Å². The minimum atomic E-state index is 0.0379. The first kappa shape index (κ1) is 14.8. The van der Waals surface area contributed by atoms with Crippen LogP contribution in [0.2, 0.25) is 0 Å². The van der Waals surface area contributed by atoms with Gasteiger partial charge >= 0.3 is 0 Å². The van der Waals surface area contributed by atoms with Crippen molar-refractivity contribution in [2.24, 2.45) is 0 Å². The van der Waals surface area contributed by atoms with Crippen LogP contribution < -0.4 is 15.1 Å². The zero-order valence-corrected chi connectivity index (χ0v) is 13.7. The Morgan fingerprint density at radius 1 is 1.45 bits per heavy atom. The Hall–Kier alpha value is -2.08. The third-order valence-electron chi connectivity index (χ3n) is 3.76. The van der Waals surface area contributed by atoms with E-state index < -0.39 is 0 Å². The Morgan fingerprint density at radius 2 is 2.27 bits per heavy atom. The second-order valence-corrected chi connectivity index (χ2v) is 6.09. The number of nitrogens with zero attached hydrogens (tertiary/aromatic N) is 3. The summed E-state index contributed by atoms with van der Waals surface area (Å²) in [6.45, 7) is 6.85. The van der Waals surface area contributed by atoms with Gasteiger partial charge in [0.25, 0.3) is 0 Å². The van der Waals surface area contributed by atoms with Crippen molar-refractivity contribution >= 4 is 33.8 Å². The first-order valence-corrected chi connectivity index (χ1v) is 8.37. The number of anilines is 3. The number of nitrogens with one attached hydrogen (secondary N) is 1. The van der Waals surface area contributed by atoms with Crippen LogP contribution in [0.1, 0.15) is 19.5 Å². The molecule has 2 heterocycles. The van der Waals surface area contributed by atoms with Crippen molar-refractivity contribution in [3.05, 3.63) is 35.3 Å². The Kier molecular flexibility index (Phi) is 4.29. The molecular weight excluding hydrogens is 296 g/mol. The van der Waals surface area contributed by atoms with E-state index in [4.69, 9.17) is 0 Å². The zero-order chi connectivity index (χ0) is 15.5. The van der Waals surface area contributed by atoms with Gasteiger partial charge in [-0.25, -0.2) is 4.98 Å². The summed E-state index contributed by atoms with van der Waals surface area (Å²) in [5.74, 6) is 0.0379. The molecule has 1 amide bonds. The molecular formula is C16H20N4OS. The average Bonchev–Trinajstić information content (AvgIpc) is 2.96. The standard InChI is InChI=1S/C16H20N4OS/c1-3-20(12(2)21)16-18-13(11-22-16)10-19-9-8-17-14-6-4-5-7-15(14)19/h4-7,11,17H,3,8-10H2,1-2H3. The van der Waals surface area contributed by atoms with E-state index in [1.807, 2.05) is 18.4 Å². The van der Waals surface area contributed by atoms with Crippen molar-refractivity contribution in [2.75, 3.05) is 34.8 Å². The summed E-state index contributed by atoms with van der Waals surface area (Å²) in [5.41, 5.74) is 3.39.